The molecule has 0 aromatic heterocycles. The number of rotatable bonds is 3. The van der Waals surface area contributed by atoms with Gasteiger partial charge in [-0.3, -0.25) is 14.9 Å². The maximum Gasteiger partial charge on any atom is 0.285 e. The minimum atomic E-state index is -0.527. The van der Waals surface area contributed by atoms with Gasteiger partial charge in [0.25, 0.3) is 11.6 Å². The van der Waals surface area contributed by atoms with Crippen LogP contribution in [0.4, 0.5) is 5.69 Å². The minimum Gasteiger partial charge on any atom is -0.491 e. The average Bonchev–Trinajstić information content (AvgIpc) is 3.20. The number of hydrogen-bond acceptors (Lipinski definition) is 4. The molecular formula is C13H14N2O4. The quantitative estimate of drug-likeness (QED) is 0.615. The Morgan fingerprint density at radius 1 is 1.42 bits per heavy atom. The van der Waals surface area contributed by atoms with Crippen LogP contribution in [0.25, 0.3) is 0 Å². The average molecular weight is 262 g/mol. The third kappa shape index (κ3) is 2.25. The van der Waals surface area contributed by atoms with E-state index in [-0.39, 0.29) is 17.2 Å². The van der Waals surface area contributed by atoms with Crippen LogP contribution in [0.2, 0.25) is 0 Å². The summed E-state index contributed by atoms with van der Waals surface area (Å²) in [6.45, 7) is 1.54. The molecule has 1 saturated carbocycles. The van der Waals surface area contributed by atoms with Gasteiger partial charge < -0.3 is 9.64 Å². The van der Waals surface area contributed by atoms with Crippen LogP contribution in [0.5, 0.6) is 5.75 Å². The topological polar surface area (TPSA) is 72.7 Å². The van der Waals surface area contributed by atoms with Crippen LogP contribution in [0, 0.1) is 16.0 Å². The van der Waals surface area contributed by atoms with Crippen LogP contribution in [-0.4, -0.2) is 35.4 Å². The molecular weight excluding hydrogens is 248 g/mol. The monoisotopic (exact) mass is 262 g/mol. The number of carbonyl (C=O) groups is 1. The Labute approximate surface area is 110 Å². The Morgan fingerprint density at radius 3 is 2.89 bits per heavy atom. The molecule has 1 aromatic rings. The highest BCUT2D eigenvalue weighted by atomic mass is 16.6. The first-order chi connectivity index (χ1) is 9.16. The molecule has 19 heavy (non-hydrogen) atoms. The Hall–Kier alpha value is -2.11. The molecule has 0 atom stereocenters. The van der Waals surface area contributed by atoms with E-state index in [0.717, 1.165) is 12.8 Å². The highest BCUT2D eigenvalue weighted by Crippen LogP contribution is 2.34. The third-order valence-electron chi connectivity index (χ3n) is 3.50. The van der Waals surface area contributed by atoms with Crippen molar-refractivity contribution >= 4 is 11.6 Å². The summed E-state index contributed by atoms with van der Waals surface area (Å²) in [7, 11) is 0. The first-order valence-corrected chi connectivity index (χ1v) is 6.36. The van der Waals surface area contributed by atoms with Crippen LogP contribution in [0.3, 0.4) is 0 Å². The van der Waals surface area contributed by atoms with Crippen LogP contribution >= 0.6 is 0 Å². The van der Waals surface area contributed by atoms with E-state index in [4.69, 9.17) is 4.74 Å². The van der Waals surface area contributed by atoms with Crippen molar-refractivity contribution in [3.63, 3.8) is 0 Å². The fraction of sp³-hybridized carbons (Fsp3) is 0.462. The Bertz CT molecular complexity index is 539. The number of benzene rings is 1. The fourth-order valence-electron chi connectivity index (χ4n) is 2.32. The zero-order chi connectivity index (χ0) is 13.4. The molecule has 0 N–H and O–H groups in total. The second-order valence-corrected chi connectivity index (χ2v) is 4.95. The number of fused-ring (bicyclic) bond motifs is 1. The van der Waals surface area contributed by atoms with Crippen molar-refractivity contribution in [2.24, 2.45) is 5.92 Å². The number of nitro benzene ring substituents is 1. The molecule has 0 radical (unpaired) electrons. The van der Waals surface area contributed by atoms with Crippen molar-refractivity contribution in [1.82, 2.24) is 4.90 Å². The highest BCUT2D eigenvalue weighted by molar-refractivity contribution is 6.01. The van der Waals surface area contributed by atoms with E-state index in [2.05, 4.69) is 0 Å². The summed E-state index contributed by atoms with van der Waals surface area (Å²) < 4.78 is 5.47. The molecule has 1 heterocycles. The molecule has 0 saturated heterocycles. The maximum absolute atomic E-state index is 12.5. The molecule has 6 nitrogen and oxygen atoms in total. The van der Waals surface area contributed by atoms with Gasteiger partial charge in [-0.2, -0.15) is 0 Å². The highest BCUT2D eigenvalue weighted by Gasteiger charge is 2.34. The maximum atomic E-state index is 12.5. The van der Waals surface area contributed by atoms with E-state index in [1.54, 1.807) is 17.0 Å². The first-order valence-electron chi connectivity index (χ1n) is 6.36. The molecule has 0 spiro atoms. The summed E-state index contributed by atoms with van der Waals surface area (Å²) >= 11 is 0. The first kappa shape index (κ1) is 12.0. The van der Waals surface area contributed by atoms with Crippen molar-refractivity contribution < 1.29 is 14.5 Å². The van der Waals surface area contributed by atoms with Crippen molar-refractivity contribution in [3.8, 4) is 5.75 Å². The zero-order valence-corrected chi connectivity index (χ0v) is 10.4. The van der Waals surface area contributed by atoms with Gasteiger partial charge in [-0.25, -0.2) is 0 Å². The minimum absolute atomic E-state index is 0.0886. The lowest BCUT2D eigenvalue weighted by molar-refractivity contribution is -0.385. The van der Waals surface area contributed by atoms with E-state index in [0.29, 0.717) is 31.4 Å². The van der Waals surface area contributed by atoms with Gasteiger partial charge in [0.2, 0.25) is 0 Å². The van der Waals surface area contributed by atoms with E-state index in [1.807, 2.05) is 0 Å². The molecule has 1 amide bonds. The molecule has 0 unspecified atom stereocenters. The molecule has 0 bridgehead atoms. The normalized spacial score (nSPS) is 18.5. The van der Waals surface area contributed by atoms with Crippen LogP contribution < -0.4 is 4.74 Å². The van der Waals surface area contributed by atoms with E-state index >= 15 is 0 Å². The number of amides is 1. The number of carbonyl (C=O) groups excluding carboxylic acids is 1. The Morgan fingerprint density at radius 2 is 2.21 bits per heavy atom. The van der Waals surface area contributed by atoms with Crippen molar-refractivity contribution in [1.29, 1.82) is 0 Å². The van der Waals surface area contributed by atoms with Crippen LogP contribution in [-0.2, 0) is 0 Å². The van der Waals surface area contributed by atoms with Gasteiger partial charge in [-0.1, -0.05) is 6.07 Å². The second-order valence-electron chi connectivity index (χ2n) is 4.95. The second kappa shape index (κ2) is 4.53. The predicted molar refractivity (Wildman–Crippen MR) is 67.2 cm³/mol. The third-order valence-corrected chi connectivity index (χ3v) is 3.50. The largest absolute Gasteiger partial charge is 0.491 e. The van der Waals surface area contributed by atoms with Gasteiger partial charge in [0.15, 0.2) is 5.56 Å². The van der Waals surface area contributed by atoms with Gasteiger partial charge >= 0.3 is 0 Å². The van der Waals surface area contributed by atoms with Gasteiger partial charge in [-0.15, -0.1) is 0 Å². The summed E-state index contributed by atoms with van der Waals surface area (Å²) in [6, 6.07) is 4.50. The van der Waals surface area contributed by atoms with E-state index in [1.165, 1.54) is 6.07 Å². The Kier molecular flexibility index (Phi) is 2.85. The van der Waals surface area contributed by atoms with Gasteiger partial charge in [0.1, 0.15) is 12.4 Å². The van der Waals surface area contributed by atoms with Crippen molar-refractivity contribution in [2.75, 3.05) is 19.7 Å². The number of nitro groups is 1. The zero-order valence-electron chi connectivity index (χ0n) is 10.4. The molecule has 100 valence electrons. The summed E-state index contributed by atoms with van der Waals surface area (Å²) in [5.74, 6) is 0.581. The fourth-order valence-corrected chi connectivity index (χ4v) is 2.32. The summed E-state index contributed by atoms with van der Waals surface area (Å²) in [4.78, 5) is 24.7. The lowest BCUT2D eigenvalue weighted by Crippen LogP contribution is -2.34. The summed E-state index contributed by atoms with van der Waals surface area (Å²) in [5, 5.41) is 11.1. The SMILES string of the molecule is O=C1c2c(cccc2[N+](=O)[O-])OCCN1CC1CC1. The molecule has 3 rings (SSSR count). The van der Waals surface area contributed by atoms with Gasteiger partial charge in [-0.05, 0) is 24.8 Å². The lowest BCUT2D eigenvalue weighted by atomic mass is 10.1. The summed E-state index contributed by atoms with van der Waals surface area (Å²) in [5.41, 5.74) is -0.0872. The Balaban J connectivity index is 1.99. The number of hydrogen-bond donors (Lipinski definition) is 0. The van der Waals surface area contributed by atoms with Crippen molar-refractivity contribution in [3.05, 3.63) is 33.9 Å². The molecule has 6 heteroatoms. The molecule has 1 aliphatic heterocycles. The summed E-state index contributed by atoms with van der Waals surface area (Å²) in [6.07, 6.45) is 2.27. The predicted octanol–water partition coefficient (Wildman–Crippen LogP) is 1.84. The van der Waals surface area contributed by atoms with Gasteiger partial charge in [0.05, 0.1) is 11.5 Å². The van der Waals surface area contributed by atoms with Crippen LogP contribution in [0.15, 0.2) is 18.2 Å². The number of ether oxygens (including phenoxy) is 1. The smallest absolute Gasteiger partial charge is 0.285 e. The lowest BCUT2D eigenvalue weighted by Gasteiger charge is -2.19. The molecule has 1 fully saturated rings. The van der Waals surface area contributed by atoms with E-state index < -0.39 is 4.92 Å². The van der Waals surface area contributed by atoms with Gasteiger partial charge in [0, 0.05) is 12.6 Å². The number of nitrogens with zero attached hydrogens (tertiary/aromatic N) is 2. The van der Waals surface area contributed by atoms with Crippen molar-refractivity contribution in [2.45, 2.75) is 12.8 Å². The standard InChI is InChI=1S/C13H14N2O4/c16-13-12-10(15(17)18)2-1-3-11(12)19-7-6-14(13)8-9-4-5-9/h1-3,9H,4-8H2. The molecule has 1 aromatic carbocycles. The molecule has 2 aliphatic rings. The molecule has 1 aliphatic carbocycles. The van der Waals surface area contributed by atoms with Crippen LogP contribution in [0.1, 0.15) is 23.2 Å². The van der Waals surface area contributed by atoms with E-state index in [9.17, 15) is 14.9 Å².